The van der Waals surface area contributed by atoms with Crippen LogP contribution in [0, 0.1) is 5.92 Å². The van der Waals surface area contributed by atoms with Crippen LogP contribution in [0.4, 0.5) is 0 Å². The highest BCUT2D eigenvalue weighted by molar-refractivity contribution is 5.73. The van der Waals surface area contributed by atoms with Gasteiger partial charge in [-0.1, -0.05) is 25.7 Å². The van der Waals surface area contributed by atoms with Crippen molar-refractivity contribution in [2.45, 2.75) is 57.5 Å². The van der Waals surface area contributed by atoms with Gasteiger partial charge >= 0.3 is 5.97 Å². The predicted molar refractivity (Wildman–Crippen MR) is 64.3 cm³/mol. The van der Waals surface area contributed by atoms with Crippen LogP contribution in [0.15, 0.2) is 0 Å². The van der Waals surface area contributed by atoms with Crippen molar-refractivity contribution in [2.24, 2.45) is 11.7 Å². The number of rotatable bonds is 5. The van der Waals surface area contributed by atoms with Gasteiger partial charge in [0.1, 0.15) is 6.04 Å². The van der Waals surface area contributed by atoms with Gasteiger partial charge in [0, 0.05) is 12.6 Å². The fourth-order valence-electron chi connectivity index (χ4n) is 2.38. The summed E-state index contributed by atoms with van der Waals surface area (Å²) in [5.41, 5.74) is 5.46. The van der Waals surface area contributed by atoms with Crippen molar-refractivity contribution in [3.05, 3.63) is 0 Å². The highest BCUT2D eigenvalue weighted by atomic mass is 16.4. The fraction of sp³-hybridized carbons (Fsp3) is 0.917. The van der Waals surface area contributed by atoms with Crippen molar-refractivity contribution in [1.82, 2.24) is 5.32 Å². The van der Waals surface area contributed by atoms with Crippen LogP contribution in [0.2, 0.25) is 0 Å². The number of hydrogen-bond donors (Lipinski definition) is 3. The number of carboxylic acid groups (broad SMARTS) is 1. The van der Waals surface area contributed by atoms with Crippen molar-refractivity contribution in [3.8, 4) is 0 Å². The van der Waals surface area contributed by atoms with E-state index >= 15 is 0 Å². The molecular weight excluding hydrogens is 204 g/mol. The molecule has 1 saturated carbocycles. The van der Waals surface area contributed by atoms with Crippen LogP contribution >= 0.6 is 0 Å². The Labute approximate surface area is 97.6 Å². The van der Waals surface area contributed by atoms with Crippen LogP contribution in [0.1, 0.15) is 45.4 Å². The minimum atomic E-state index is -0.930. The Hall–Kier alpha value is -0.610. The molecule has 0 aromatic heterocycles. The molecule has 0 aliphatic heterocycles. The first-order valence-corrected chi connectivity index (χ1v) is 6.33. The summed E-state index contributed by atoms with van der Waals surface area (Å²) in [5, 5.41) is 11.9. The molecule has 1 fully saturated rings. The van der Waals surface area contributed by atoms with Gasteiger partial charge in [-0.25, -0.2) is 0 Å². The zero-order valence-corrected chi connectivity index (χ0v) is 10.1. The second-order valence-electron chi connectivity index (χ2n) is 4.89. The zero-order valence-electron chi connectivity index (χ0n) is 10.1. The van der Waals surface area contributed by atoms with Crippen LogP contribution in [0.5, 0.6) is 0 Å². The fourth-order valence-corrected chi connectivity index (χ4v) is 2.38. The molecule has 16 heavy (non-hydrogen) atoms. The van der Waals surface area contributed by atoms with Gasteiger partial charge < -0.3 is 16.2 Å². The summed E-state index contributed by atoms with van der Waals surface area (Å²) in [4.78, 5) is 10.6. The zero-order chi connectivity index (χ0) is 12.0. The first-order chi connectivity index (χ1) is 7.61. The molecule has 1 rings (SSSR count). The molecule has 1 unspecified atom stereocenters. The third-order valence-electron chi connectivity index (χ3n) is 3.58. The largest absolute Gasteiger partial charge is 0.480 e. The number of hydrogen-bond acceptors (Lipinski definition) is 3. The van der Waals surface area contributed by atoms with Crippen LogP contribution in [-0.2, 0) is 4.79 Å². The van der Waals surface area contributed by atoms with Gasteiger partial charge in [0.15, 0.2) is 0 Å². The lowest BCUT2D eigenvalue weighted by Crippen LogP contribution is -2.45. The Morgan fingerprint density at radius 2 is 1.94 bits per heavy atom. The maximum Gasteiger partial charge on any atom is 0.321 e. The molecule has 0 aromatic carbocycles. The molecule has 0 amide bonds. The van der Waals surface area contributed by atoms with E-state index < -0.39 is 12.0 Å². The highest BCUT2D eigenvalue weighted by Gasteiger charge is 2.20. The summed E-state index contributed by atoms with van der Waals surface area (Å²) in [5.74, 6) is -0.246. The lowest BCUT2D eigenvalue weighted by molar-refractivity contribution is -0.138. The third kappa shape index (κ3) is 4.49. The topological polar surface area (TPSA) is 75.3 Å². The summed E-state index contributed by atoms with van der Waals surface area (Å²) >= 11 is 0. The van der Waals surface area contributed by atoms with Gasteiger partial charge in [-0.3, -0.25) is 4.79 Å². The normalized spacial score (nSPS) is 22.4. The minimum absolute atomic E-state index is 0.368. The number of carboxylic acids is 1. The van der Waals surface area contributed by atoms with Gasteiger partial charge in [0.25, 0.3) is 0 Å². The molecule has 94 valence electrons. The SMILES string of the molecule is C[C@H](NCC(N)C(=O)O)C1CCCCCC1. The third-order valence-corrected chi connectivity index (χ3v) is 3.58. The van der Waals surface area contributed by atoms with Gasteiger partial charge in [0.2, 0.25) is 0 Å². The van der Waals surface area contributed by atoms with Crippen molar-refractivity contribution in [3.63, 3.8) is 0 Å². The molecule has 0 saturated heterocycles. The van der Waals surface area contributed by atoms with E-state index in [1.807, 2.05) is 0 Å². The van der Waals surface area contributed by atoms with E-state index in [2.05, 4.69) is 12.2 Å². The Morgan fingerprint density at radius 3 is 2.44 bits per heavy atom. The maximum absolute atomic E-state index is 10.6. The summed E-state index contributed by atoms with van der Waals surface area (Å²) in [6.45, 7) is 2.51. The average molecular weight is 228 g/mol. The van der Waals surface area contributed by atoms with Crippen molar-refractivity contribution < 1.29 is 9.90 Å². The lowest BCUT2D eigenvalue weighted by atomic mass is 9.93. The van der Waals surface area contributed by atoms with E-state index in [4.69, 9.17) is 10.8 Å². The van der Waals surface area contributed by atoms with Crippen LogP contribution < -0.4 is 11.1 Å². The monoisotopic (exact) mass is 228 g/mol. The van der Waals surface area contributed by atoms with E-state index in [9.17, 15) is 4.79 Å². The van der Waals surface area contributed by atoms with Gasteiger partial charge in [-0.2, -0.15) is 0 Å². The summed E-state index contributed by atoms with van der Waals surface area (Å²) in [7, 11) is 0. The molecule has 0 radical (unpaired) electrons. The van der Waals surface area contributed by atoms with Crippen LogP contribution in [-0.4, -0.2) is 29.7 Å². The van der Waals surface area contributed by atoms with E-state index in [0.29, 0.717) is 18.5 Å². The van der Waals surface area contributed by atoms with Crippen molar-refractivity contribution in [1.29, 1.82) is 0 Å². The number of carbonyl (C=O) groups is 1. The number of nitrogens with two attached hydrogens (primary N) is 1. The van der Waals surface area contributed by atoms with Crippen molar-refractivity contribution in [2.75, 3.05) is 6.54 Å². The molecular formula is C12H24N2O2. The van der Waals surface area contributed by atoms with E-state index in [1.165, 1.54) is 38.5 Å². The van der Waals surface area contributed by atoms with E-state index in [0.717, 1.165) is 0 Å². The minimum Gasteiger partial charge on any atom is -0.480 e. The summed E-state index contributed by atoms with van der Waals surface area (Å²) < 4.78 is 0. The number of nitrogens with one attached hydrogen (secondary N) is 1. The molecule has 0 bridgehead atoms. The second kappa shape index (κ2) is 6.86. The van der Waals surface area contributed by atoms with E-state index in [1.54, 1.807) is 0 Å². The van der Waals surface area contributed by atoms with Gasteiger partial charge in [-0.05, 0) is 25.7 Å². The molecule has 1 aliphatic carbocycles. The summed E-state index contributed by atoms with van der Waals surface area (Å²) in [6, 6.07) is -0.406. The van der Waals surface area contributed by atoms with Gasteiger partial charge in [0.05, 0.1) is 0 Å². The molecule has 4 nitrogen and oxygen atoms in total. The predicted octanol–water partition coefficient (Wildman–Crippen LogP) is 1.35. The van der Waals surface area contributed by atoms with Gasteiger partial charge in [-0.15, -0.1) is 0 Å². The Bertz CT molecular complexity index is 213. The molecule has 2 atom stereocenters. The summed E-state index contributed by atoms with van der Waals surface area (Å²) in [6.07, 6.45) is 7.83. The number of aliphatic carboxylic acids is 1. The van der Waals surface area contributed by atoms with Crippen LogP contribution in [0.3, 0.4) is 0 Å². The molecule has 0 aromatic rings. The quantitative estimate of drug-likeness (QED) is 0.621. The average Bonchev–Trinajstić information content (AvgIpc) is 2.53. The molecule has 4 N–H and O–H groups in total. The lowest BCUT2D eigenvalue weighted by Gasteiger charge is -2.24. The molecule has 0 spiro atoms. The van der Waals surface area contributed by atoms with Crippen molar-refractivity contribution >= 4 is 5.97 Å². The first kappa shape index (κ1) is 13.5. The van der Waals surface area contributed by atoms with Crippen LogP contribution in [0.25, 0.3) is 0 Å². The smallest absolute Gasteiger partial charge is 0.321 e. The Morgan fingerprint density at radius 1 is 1.38 bits per heavy atom. The Balaban J connectivity index is 2.27. The molecule has 0 heterocycles. The molecule has 4 heteroatoms. The molecule has 1 aliphatic rings. The first-order valence-electron chi connectivity index (χ1n) is 6.33. The Kier molecular flexibility index (Phi) is 5.77. The highest BCUT2D eigenvalue weighted by Crippen LogP contribution is 2.25. The maximum atomic E-state index is 10.6. The standard InChI is InChI=1S/C12H24N2O2/c1-9(14-8-11(13)12(15)16)10-6-4-2-3-5-7-10/h9-11,14H,2-8,13H2,1H3,(H,15,16)/t9-,11?/m0/s1. The van der Waals surface area contributed by atoms with E-state index in [-0.39, 0.29) is 0 Å². The second-order valence-corrected chi connectivity index (χ2v) is 4.89.